The third-order valence-electron chi connectivity index (χ3n) is 3.49. The molecule has 1 unspecified atom stereocenters. The summed E-state index contributed by atoms with van der Waals surface area (Å²) < 4.78 is 37.9. The molecule has 0 bridgehead atoms. The summed E-state index contributed by atoms with van der Waals surface area (Å²) in [7, 11) is 1.69. The average molecular weight is 355 g/mol. The molecule has 24 heavy (non-hydrogen) atoms. The maximum absolute atomic E-state index is 12.6. The molecule has 1 aliphatic heterocycles. The molecule has 130 valence electrons. The molecule has 1 saturated heterocycles. The highest BCUT2D eigenvalue weighted by Crippen LogP contribution is 2.29. The van der Waals surface area contributed by atoms with Gasteiger partial charge in [0.15, 0.2) is 5.96 Å². The van der Waals surface area contributed by atoms with Crippen LogP contribution < -0.4 is 10.6 Å². The van der Waals surface area contributed by atoms with E-state index >= 15 is 0 Å². The Morgan fingerprint density at radius 1 is 1.42 bits per heavy atom. The quantitative estimate of drug-likeness (QED) is 0.486. The molecule has 0 aliphatic carbocycles. The van der Waals surface area contributed by atoms with Crippen molar-refractivity contribution in [1.29, 1.82) is 0 Å². The van der Waals surface area contributed by atoms with Gasteiger partial charge in [0.25, 0.3) is 0 Å². The lowest BCUT2D eigenvalue weighted by Gasteiger charge is -2.24. The Morgan fingerprint density at radius 2 is 2.25 bits per heavy atom. The maximum atomic E-state index is 12.6. The molecule has 1 fully saturated rings. The van der Waals surface area contributed by atoms with E-state index in [4.69, 9.17) is 0 Å². The first kappa shape index (κ1) is 18.5. The van der Waals surface area contributed by atoms with Crippen molar-refractivity contribution >= 4 is 17.7 Å². The van der Waals surface area contributed by atoms with Crippen LogP contribution in [0, 0.1) is 11.8 Å². The number of guanidine groups is 1. The van der Waals surface area contributed by atoms with Crippen LogP contribution in [0.5, 0.6) is 0 Å². The molecule has 1 aromatic carbocycles. The van der Waals surface area contributed by atoms with Crippen LogP contribution in [0.25, 0.3) is 0 Å². The van der Waals surface area contributed by atoms with Crippen molar-refractivity contribution in [3.8, 4) is 11.8 Å². The maximum Gasteiger partial charge on any atom is 0.416 e. The van der Waals surface area contributed by atoms with Gasteiger partial charge in [0.2, 0.25) is 0 Å². The number of nitrogens with one attached hydrogen (secondary N) is 2. The summed E-state index contributed by atoms with van der Waals surface area (Å²) in [5, 5.41) is 6.40. The predicted octanol–water partition coefficient (Wildman–Crippen LogP) is 3.12. The first-order valence-electron chi connectivity index (χ1n) is 7.70. The molecule has 0 aromatic heterocycles. The van der Waals surface area contributed by atoms with Crippen molar-refractivity contribution in [2.45, 2.75) is 25.1 Å². The lowest BCUT2D eigenvalue weighted by Crippen LogP contribution is -2.45. The van der Waals surface area contributed by atoms with Crippen LogP contribution in [0.1, 0.15) is 24.0 Å². The molecule has 0 spiro atoms. The van der Waals surface area contributed by atoms with E-state index in [1.54, 1.807) is 13.1 Å². The Kier molecular flexibility index (Phi) is 6.85. The summed E-state index contributed by atoms with van der Waals surface area (Å²) >= 11 is 1.92. The van der Waals surface area contributed by atoms with Gasteiger partial charge in [-0.1, -0.05) is 17.9 Å². The number of rotatable bonds is 2. The van der Waals surface area contributed by atoms with Crippen molar-refractivity contribution in [3.63, 3.8) is 0 Å². The Bertz CT molecular complexity index is 626. The summed E-state index contributed by atoms with van der Waals surface area (Å²) in [5.41, 5.74) is -0.340. The first-order chi connectivity index (χ1) is 11.5. The Labute approximate surface area is 144 Å². The second kappa shape index (κ2) is 8.88. The molecule has 2 N–H and O–H groups in total. The lowest BCUT2D eigenvalue weighted by molar-refractivity contribution is -0.137. The highest BCUT2D eigenvalue weighted by molar-refractivity contribution is 7.99. The summed E-state index contributed by atoms with van der Waals surface area (Å²) in [6, 6.07) is 5.42. The fourth-order valence-electron chi connectivity index (χ4n) is 2.29. The van der Waals surface area contributed by atoms with Gasteiger partial charge in [-0.05, 0) is 36.8 Å². The van der Waals surface area contributed by atoms with Gasteiger partial charge in [0.05, 0.1) is 12.1 Å². The molecular formula is C17H20F3N3S. The molecule has 3 nitrogen and oxygen atoms in total. The van der Waals surface area contributed by atoms with Crippen LogP contribution in [-0.2, 0) is 6.18 Å². The van der Waals surface area contributed by atoms with Crippen LogP contribution in [0.15, 0.2) is 29.3 Å². The van der Waals surface area contributed by atoms with Crippen molar-refractivity contribution in [3.05, 3.63) is 35.4 Å². The molecule has 0 saturated carbocycles. The summed E-state index contributed by atoms with van der Waals surface area (Å²) in [6.07, 6.45) is -2.04. The zero-order valence-electron chi connectivity index (χ0n) is 13.4. The fourth-order valence-corrected chi connectivity index (χ4v) is 3.36. The first-order valence-corrected chi connectivity index (χ1v) is 8.85. The van der Waals surface area contributed by atoms with Crippen LogP contribution in [-0.4, -0.2) is 37.1 Å². The Balaban J connectivity index is 1.86. The van der Waals surface area contributed by atoms with Crippen LogP contribution in [0.4, 0.5) is 13.2 Å². The van der Waals surface area contributed by atoms with E-state index in [-0.39, 0.29) is 0 Å². The number of aliphatic imine (C=N–C) groups is 1. The summed E-state index contributed by atoms with van der Waals surface area (Å²) in [5.74, 6) is 8.49. The largest absolute Gasteiger partial charge is 0.416 e. The van der Waals surface area contributed by atoms with Gasteiger partial charge in [-0.15, -0.1) is 0 Å². The molecule has 0 radical (unpaired) electrons. The molecule has 0 amide bonds. The summed E-state index contributed by atoms with van der Waals surface area (Å²) in [6.45, 7) is 0.315. The number of halogens is 3. The van der Waals surface area contributed by atoms with Crippen molar-refractivity contribution in [1.82, 2.24) is 10.6 Å². The number of hydrogen-bond donors (Lipinski definition) is 2. The smallest absolute Gasteiger partial charge is 0.353 e. The monoisotopic (exact) mass is 355 g/mol. The van der Waals surface area contributed by atoms with Gasteiger partial charge in [-0.2, -0.15) is 24.9 Å². The van der Waals surface area contributed by atoms with E-state index in [1.165, 1.54) is 18.2 Å². The minimum atomic E-state index is -4.35. The minimum absolute atomic E-state index is 0.315. The van der Waals surface area contributed by atoms with Crippen molar-refractivity contribution < 1.29 is 13.2 Å². The number of alkyl halides is 3. The van der Waals surface area contributed by atoms with E-state index in [2.05, 4.69) is 27.5 Å². The molecule has 2 rings (SSSR count). The van der Waals surface area contributed by atoms with E-state index < -0.39 is 11.7 Å². The zero-order valence-corrected chi connectivity index (χ0v) is 14.2. The molecule has 1 atom stereocenters. The standard InChI is InChI=1S/C17H20F3N3S/c1-21-16(23-15-8-4-10-24-12-15)22-9-3-6-13-5-2-7-14(11-13)17(18,19)20/h2,5,7,11,15H,4,8-10,12H2,1H3,(H2,21,22,23). The SMILES string of the molecule is CN=C(NCC#Cc1cccc(C(F)(F)F)c1)NC1CCCSC1. The third-order valence-corrected chi connectivity index (χ3v) is 4.71. The van der Waals surface area contributed by atoms with Crippen molar-refractivity contribution in [2.75, 3.05) is 25.1 Å². The normalized spacial score (nSPS) is 18.5. The zero-order chi connectivity index (χ0) is 17.4. The number of benzene rings is 1. The third kappa shape index (κ3) is 6.00. The molecule has 1 aliphatic rings. The second-order valence-electron chi connectivity index (χ2n) is 5.36. The van der Waals surface area contributed by atoms with Crippen LogP contribution in [0.2, 0.25) is 0 Å². The van der Waals surface area contributed by atoms with Gasteiger partial charge in [-0.3, -0.25) is 4.99 Å². The van der Waals surface area contributed by atoms with Gasteiger partial charge >= 0.3 is 6.18 Å². The Morgan fingerprint density at radius 3 is 2.92 bits per heavy atom. The van der Waals surface area contributed by atoms with E-state index in [9.17, 15) is 13.2 Å². The minimum Gasteiger partial charge on any atom is -0.353 e. The van der Waals surface area contributed by atoms with Gasteiger partial charge in [0, 0.05) is 24.4 Å². The van der Waals surface area contributed by atoms with Crippen molar-refractivity contribution in [2.24, 2.45) is 4.99 Å². The van der Waals surface area contributed by atoms with Crippen LogP contribution >= 0.6 is 11.8 Å². The summed E-state index contributed by atoms with van der Waals surface area (Å²) in [4.78, 5) is 4.14. The molecule has 1 aromatic rings. The predicted molar refractivity (Wildman–Crippen MR) is 93.2 cm³/mol. The molecular weight excluding hydrogens is 335 g/mol. The topological polar surface area (TPSA) is 36.4 Å². The Hall–Kier alpha value is -1.81. The number of hydrogen-bond acceptors (Lipinski definition) is 2. The lowest BCUT2D eigenvalue weighted by atomic mass is 10.1. The van der Waals surface area contributed by atoms with Gasteiger partial charge in [0.1, 0.15) is 0 Å². The number of thioether (sulfide) groups is 1. The molecule has 1 heterocycles. The second-order valence-corrected chi connectivity index (χ2v) is 6.51. The highest BCUT2D eigenvalue weighted by atomic mass is 32.2. The van der Waals surface area contributed by atoms with Gasteiger partial charge in [-0.25, -0.2) is 0 Å². The van der Waals surface area contributed by atoms with E-state index in [0.717, 1.165) is 24.3 Å². The molecule has 7 heteroatoms. The van der Waals surface area contributed by atoms with Gasteiger partial charge < -0.3 is 10.6 Å². The fraction of sp³-hybridized carbons (Fsp3) is 0.471. The van der Waals surface area contributed by atoms with E-state index in [0.29, 0.717) is 24.1 Å². The van der Waals surface area contributed by atoms with Crippen LogP contribution in [0.3, 0.4) is 0 Å². The van der Waals surface area contributed by atoms with E-state index in [1.807, 2.05) is 11.8 Å². The average Bonchev–Trinajstić information content (AvgIpc) is 2.58. The number of nitrogens with zero attached hydrogens (tertiary/aromatic N) is 1. The highest BCUT2D eigenvalue weighted by Gasteiger charge is 2.30.